The molecule has 4 heteroatoms. The third-order valence-electron chi connectivity index (χ3n) is 2.24. The van der Waals surface area contributed by atoms with E-state index in [1.165, 1.54) is 0 Å². The summed E-state index contributed by atoms with van der Waals surface area (Å²) in [5.74, 6) is 1.43. The van der Waals surface area contributed by atoms with E-state index in [-0.39, 0.29) is 6.04 Å². The van der Waals surface area contributed by atoms with Crippen LogP contribution in [0.3, 0.4) is 0 Å². The zero-order valence-electron chi connectivity index (χ0n) is 9.49. The lowest BCUT2D eigenvalue weighted by Gasteiger charge is -2.12. The van der Waals surface area contributed by atoms with Gasteiger partial charge in [-0.15, -0.1) is 0 Å². The molecule has 0 aliphatic heterocycles. The molecule has 0 unspecified atom stereocenters. The summed E-state index contributed by atoms with van der Waals surface area (Å²) in [4.78, 5) is 4.14. The van der Waals surface area contributed by atoms with Crippen LogP contribution in [-0.4, -0.2) is 25.2 Å². The Bertz CT molecular complexity index is 291. The SMILES string of the molecule is COc1ccnc(OC)c1CC[C@@H](C)N. The Labute approximate surface area is 90.4 Å². The highest BCUT2D eigenvalue weighted by molar-refractivity contribution is 5.39. The highest BCUT2D eigenvalue weighted by Gasteiger charge is 2.11. The Morgan fingerprint density at radius 3 is 2.67 bits per heavy atom. The summed E-state index contributed by atoms with van der Waals surface area (Å²) < 4.78 is 10.4. The number of nitrogens with two attached hydrogens (primary N) is 1. The predicted molar refractivity (Wildman–Crippen MR) is 59.3 cm³/mol. The molecule has 1 heterocycles. The lowest BCUT2D eigenvalue weighted by molar-refractivity contribution is 0.371. The summed E-state index contributed by atoms with van der Waals surface area (Å²) in [5, 5.41) is 0. The minimum absolute atomic E-state index is 0.166. The first-order valence-electron chi connectivity index (χ1n) is 5.00. The second kappa shape index (κ2) is 5.56. The van der Waals surface area contributed by atoms with Crippen LogP contribution in [0.15, 0.2) is 12.3 Å². The molecule has 0 saturated carbocycles. The highest BCUT2D eigenvalue weighted by atomic mass is 16.5. The molecule has 1 aromatic heterocycles. The van der Waals surface area contributed by atoms with E-state index in [1.54, 1.807) is 20.4 Å². The van der Waals surface area contributed by atoms with Gasteiger partial charge in [0.1, 0.15) is 5.75 Å². The van der Waals surface area contributed by atoms with Gasteiger partial charge in [0.05, 0.1) is 19.8 Å². The van der Waals surface area contributed by atoms with Crippen LogP contribution in [0.1, 0.15) is 18.9 Å². The number of pyridine rings is 1. The highest BCUT2D eigenvalue weighted by Crippen LogP contribution is 2.27. The third kappa shape index (κ3) is 3.09. The lowest BCUT2D eigenvalue weighted by Crippen LogP contribution is -2.16. The van der Waals surface area contributed by atoms with Crippen molar-refractivity contribution < 1.29 is 9.47 Å². The van der Waals surface area contributed by atoms with Gasteiger partial charge in [-0.2, -0.15) is 0 Å². The maximum atomic E-state index is 5.72. The number of hydrogen-bond donors (Lipinski definition) is 1. The van der Waals surface area contributed by atoms with Crippen molar-refractivity contribution >= 4 is 0 Å². The van der Waals surface area contributed by atoms with Crippen LogP contribution in [0.5, 0.6) is 11.6 Å². The molecule has 0 aromatic carbocycles. The van der Waals surface area contributed by atoms with Gasteiger partial charge in [-0.25, -0.2) is 4.98 Å². The van der Waals surface area contributed by atoms with Gasteiger partial charge in [0.2, 0.25) is 5.88 Å². The van der Waals surface area contributed by atoms with Gasteiger partial charge >= 0.3 is 0 Å². The van der Waals surface area contributed by atoms with E-state index >= 15 is 0 Å². The predicted octanol–water partition coefficient (Wildman–Crippen LogP) is 1.38. The van der Waals surface area contributed by atoms with Crippen molar-refractivity contribution in [3.8, 4) is 11.6 Å². The summed E-state index contributed by atoms with van der Waals surface area (Å²) in [6.45, 7) is 1.98. The van der Waals surface area contributed by atoms with Gasteiger partial charge < -0.3 is 15.2 Å². The van der Waals surface area contributed by atoms with Crippen LogP contribution >= 0.6 is 0 Å². The fraction of sp³-hybridized carbons (Fsp3) is 0.545. The zero-order chi connectivity index (χ0) is 11.3. The maximum Gasteiger partial charge on any atom is 0.219 e. The summed E-state index contributed by atoms with van der Waals surface area (Å²) in [7, 11) is 3.25. The molecule has 0 aliphatic rings. The molecule has 1 rings (SSSR count). The molecule has 1 aromatic rings. The number of aromatic nitrogens is 1. The zero-order valence-corrected chi connectivity index (χ0v) is 9.49. The smallest absolute Gasteiger partial charge is 0.219 e. The van der Waals surface area contributed by atoms with Gasteiger partial charge in [-0.05, 0) is 25.8 Å². The standard InChI is InChI=1S/C11H18N2O2/c1-8(12)4-5-9-10(14-2)6-7-13-11(9)15-3/h6-8H,4-5,12H2,1-3H3/t8-/m1/s1. The Morgan fingerprint density at radius 1 is 1.40 bits per heavy atom. The minimum Gasteiger partial charge on any atom is -0.496 e. The van der Waals surface area contributed by atoms with E-state index in [0.717, 1.165) is 24.2 Å². The third-order valence-corrected chi connectivity index (χ3v) is 2.24. The lowest BCUT2D eigenvalue weighted by atomic mass is 10.1. The molecule has 0 aliphatic carbocycles. The molecule has 0 amide bonds. The van der Waals surface area contributed by atoms with Crippen molar-refractivity contribution in [2.45, 2.75) is 25.8 Å². The van der Waals surface area contributed by atoms with Crippen molar-refractivity contribution in [3.05, 3.63) is 17.8 Å². The Hall–Kier alpha value is -1.29. The van der Waals surface area contributed by atoms with Crippen molar-refractivity contribution in [2.75, 3.05) is 14.2 Å². The first-order valence-corrected chi connectivity index (χ1v) is 5.00. The van der Waals surface area contributed by atoms with Crippen molar-refractivity contribution in [3.63, 3.8) is 0 Å². The molecule has 0 spiro atoms. The molecule has 0 fully saturated rings. The number of nitrogens with zero attached hydrogens (tertiary/aromatic N) is 1. The van der Waals surface area contributed by atoms with E-state index in [0.29, 0.717) is 5.88 Å². The van der Waals surface area contributed by atoms with Crippen LogP contribution in [0.25, 0.3) is 0 Å². The van der Waals surface area contributed by atoms with Crippen LogP contribution in [-0.2, 0) is 6.42 Å². The molecule has 0 saturated heterocycles. The second-order valence-electron chi connectivity index (χ2n) is 3.52. The van der Waals surface area contributed by atoms with Gasteiger partial charge in [0.15, 0.2) is 0 Å². The van der Waals surface area contributed by atoms with Gasteiger partial charge in [0, 0.05) is 12.2 Å². The van der Waals surface area contributed by atoms with Crippen molar-refractivity contribution in [1.82, 2.24) is 4.98 Å². The Morgan fingerprint density at radius 2 is 2.13 bits per heavy atom. The molecule has 2 N–H and O–H groups in total. The van der Waals surface area contributed by atoms with Crippen molar-refractivity contribution in [2.24, 2.45) is 5.73 Å². The summed E-state index contributed by atoms with van der Waals surface area (Å²) in [6.07, 6.45) is 3.38. The fourth-order valence-electron chi connectivity index (χ4n) is 1.43. The van der Waals surface area contributed by atoms with E-state index in [1.807, 2.05) is 13.0 Å². The fourth-order valence-corrected chi connectivity index (χ4v) is 1.43. The summed E-state index contributed by atoms with van der Waals surface area (Å²) in [6, 6.07) is 2.00. The molecule has 0 radical (unpaired) electrons. The molecule has 15 heavy (non-hydrogen) atoms. The average molecular weight is 210 g/mol. The maximum absolute atomic E-state index is 5.72. The quantitative estimate of drug-likeness (QED) is 0.797. The van der Waals surface area contributed by atoms with E-state index in [4.69, 9.17) is 15.2 Å². The van der Waals surface area contributed by atoms with Crippen LogP contribution < -0.4 is 15.2 Å². The monoisotopic (exact) mass is 210 g/mol. The normalized spacial score (nSPS) is 12.3. The van der Waals surface area contributed by atoms with Crippen LogP contribution in [0.4, 0.5) is 0 Å². The molecule has 0 bridgehead atoms. The largest absolute Gasteiger partial charge is 0.496 e. The van der Waals surface area contributed by atoms with Gasteiger partial charge in [-0.1, -0.05) is 0 Å². The number of rotatable bonds is 5. The molecular formula is C11H18N2O2. The first-order chi connectivity index (χ1) is 7.19. The van der Waals surface area contributed by atoms with Gasteiger partial charge in [0.25, 0.3) is 0 Å². The van der Waals surface area contributed by atoms with Gasteiger partial charge in [-0.3, -0.25) is 0 Å². The molecule has 1 atom stereocenters. The van der Waals surface area contributed by atoms with E-state index in [2.05, 4.69) is 4.98 Å². The van der Waals surface area contributed by atoms with Crippen LogP contribution in [0, 0.1) is 0 Å². The number of hydrogen-bond acceptors (Lipinski definition) is 4. The average Bonchev–Trinajstić information content (AvgIpc) is 2.25. The molecular weight excluding hydrogens is 192 g/mol. The minimum atomic E-state index is 0.166. The molecule has 4 nitrogen and oxygen atoms in total. The Balaban J connectivity index is 2.89. The number of ether oxygens (including phenoxy) is 2. The Kier molecular flexibility index (Phi) is 4.37. The van der Waals surface area contributed by atoms with E-state index in [9.17, 15) is 0 Å². The summed E-state index contributed by atoms with van der Waals surface area (Å²) in [5.41, 5.74) is 6.71. The number of methoxy groups -OCH3 is 2. The summed E-state index contributed by atoms with van der Waals surface area (Å²) >= 11 is 0. The van der Waals surface area contributed by atoms with E-state index < -0.39 is 0 Å². The van der Waals surface area contributed by atoms with Crippen LogP contribution in [0.2, 0.25) is 0 Å². The topological polar surface area (TPSA) is 57.4 Å². The first kappa shape index (κ1) is 11.8. The second-order valence-corrected chi connectivity index (χ2v) is 3.52. The van der Waals surface area contributed by atoms with Crippen molar-refractivity contribution in [1.29, 1.82) is 0 Å². The molecule has 84 valence electrons.